The third-order valence-electron chi connectivity index (χ3n) is 3.04. The van der Waals surface area contributed by atoms with E-state index in [0.717, 1.165) is 25.4 Å². The van der Waals surface area contributed by atoms with Crippen LogP contribution in [0.5, 0.6) is 0 Å². The third-order valence-corrected chi connectivity index (χ3v) is 3.04. The molecule has 1 aliphatic carbocycles. The van der Waals surface area contributed by atoms with E-state index in [9.17, 15) is 0 Å². The van der Waals surface area contributed by atoms with E-state index >= 15 is 0 Å². The van der Waals surface area contributed by atoms with Crippen molar-refractivity contribution in [3.8, 4) is 0 Å². The van der Waals surface area contributed by atoms with Gasteiger partial charge in [0, 0.05) is 12.6 Å². The van der Waals surface area contributed by atoms with Gasteiger partial charge in [0.05, 0.1) is 6.10 Å². The summed E-state index contributed by atoms with van der Waals surface area (Å²) in [6.45, 7) is 8.86. The molecule has 1 fully saturated rings. The summed E-state index contributed by atoms with van der Waals surface area (Å²) in [7, 11) is 0. The Balaban J connectivity index is 2.15. The summed E-state index contributed by atoms with van der Waals surface area (Å²) in [4.78, 5) is 0. The van der Waals surface area contributed by atoms with Crippen molar-refractivity contribution in [1.82, 2.24) is 5.43 Å². The first kappa shape index (κ1) is 12.7. The molecule has 0 aromatic rings. The molecular formula is C12H24N2O. The predicted octanol–water partition coefficient (Wildman–Crippen LogP) is 1.99. The first-order valence-electron chi connectivity index (χ1n) is 5.87. The molecular weight excluding hydrogens is 188 g/mol. The van der Waals surface area contributed by atoms with E-state index in [1.165, 1.54) is 18.4 Å². The van der Waals surface area contributed by atoms with Crippen molar-refractivity contribution in [2.24, 2.45) is 11.8 Å². The summed E-state index contributed by atoms with van der Waals surface area (Å²) in [6.07, 6.45) is 5.02. The van der Waals surface area contributed by atoms with Crippen molar-refractivity contribution in [3.05, 3.63) is 12.2 Å². The number of ether oxygens (including phenoxy) is 1. The Hall–Kier alpha value is -0.380. The van der Waals surface area contributed by atoms with Crippen molar-refractivity contribution in [2.45, 2.75) is 51.7 Å². The minimum atomic E-state index is 0.384. The third kappa shape index (κ3) is 4.33. The van der Waals surface area contributed by atoms with E-state index in [1.54, 1.807) is 0 Å². The maximum absolute atomic E-state index is 5.54. The maximum Gasteiger partial charge on any atom is 0.0580 e. The Morgan fingerprint density at radius 3 is 2.73 bits per heavy atom. The van der Waals surface area contributed by atoms with Crippen LogP contribution in [0, 0.1) is 5.92 Å². The Morgan fingerprint density at radius 2 is 2.27 bits per heavy atom. The second-order valence-corrected chi connectivity index (χ2v) is 4.68. The van der Waals surface area contributed by atoms with E-state index in [0.29, 0.717) is 12.1 Å². The van der Waals surface area contributed by atoms with Crippen LogP contribution in [-0.4, -0.2) is 18.8 Å². The average molecular weight is 212 g/mol. The summed E-state index contributed by atoms with van der Waals surface area (Å²) < 4.78 is 5.54. The molecule has 0 heterocycles. The van der Waals surface area contributed by atoms with E-state index in [-0.39, 0.29) is 0 Å². The molecule has 1 atom stereocenters. The molecule has 88 valence electrons. The molecule has 0 aromatic carbocycles. The summed E-state index contributed by atoms with van der Waals surface area (Å²) >= 11 is 0. The Morgan fingerprint density at radius 1 is 1.60 bits per heavy atom. The Bertz CT molecular complexity index is 200. The van der Waals surface area contributed by atoms with Crippen LogP contribution in [-0.2, 0) is 4.74 Å². The summed E-state index contributed by atoms with van der Waals surface area (Å²) in [5, 5.41) is 0. The molecule has 1 unspecified atom stereocenters. The summed E-state index contributed by atoms with van der Waals surface area (Å²) in [5.74, 6) is 6.30. The van der Waals surface area contributed by atoms with Gasteiger partial charge >= 0.3 is 0 Å². The monoisotopic (exact) mass is 212 g/mol. The van der Waals surface area contributed by atoms with Gasteiger partial charge in [-0.1, -0.05) is 5.57 Å². The zero-order valence-electron chi connectivity index (χ0n) is 9.96. The number of hydrogen-bond donors (Lipinski definition) is 2. The van der Waals surface area contributed by atoms with E-state index in [2.05, 4.69) is 18.9 Å². The highest BCUT2D eigenvalue weighted by atomic mass is 16.5. The van der Waals surface area contributed by atoms with Crippen LogP contribution in [0.4, 0.5) is 0 Å². The molecule has 3 heteroatoms. The Labute approximate surface area is 93.0 Å². The number of hydrazine groups is 1. The second-order valence-electron chi connectivity index (χ2n) is 4.68. The molecule has 0 aliphatic heterocycles. The van der Waals surface area contributed by atoms with Crippen LogP contribution in [0.25, 0.3) is 0 Å². The highest BCUT2D eigenvalue weighted by Crippen LogP contribution is 2.34. The van der Waals surface area contributed by atoms with Crippen LogP contribution in [0.2, 0.25) is 0 Å². The van der Waals surface area contributed by atoms with Crippen molar-refractivity contribution >= 4 is 0 Å². The molecule has 3 N–H and O–H groups in total. The molecule has 3 nitrogen and oxygen atoms in total. The van der Waals surface area contributed by atoms with Gasteiger partial charge in [0.1, 0.15) is 0 Å². The lowest BCUT2D eigenvalue weighted by Crippen LogP contribution is -2.41. The molecule has 1 rings (SSSR count). The second kappa shape index (κ2) is 6.26. The molecule has 0 amide bonds. The van der Waals surface area contributed by atoms with Gasteiger partial charge < -0.3 is 4.74 Å². The zero-order valence-corrected chi connectivity index (χ0v) is 9.96. The first-order chi connectivity index (χ1) is 7.15. The van der Waals surface area contributed by atoms with Gasteiger partial charge in [0.2, 0.25) is 0 Å². The largest absolute Gasteiger partial charge is 0.378 e. The van der Waals surface area contributed by atoms with Crippen molar-refractivity contribution in [1.29, 1.82) is 0 Å². The maximum atomic E-state index is 5.54. The molecule has 0 radical (unpaired) electrons. The van der Waals surface area contributed by atoms with Gasteiger partial charge in [-0.3, -0.25) is 11.3 Å². The number of nitrogens with two attached hydrogens (primary N) is 1. The summed E-state index contributed by atoms with van der Waals surface area (Å²) in [6, 6.07) is 0.384. The molecule has 1 saturated carbocycles. The van der Waals surface area contributed by atoms with E-state index < -0.39 is 0 Å². The van der Waals surface area contributed by atoms with Crippen molar-refractivity contribution < 1.29 is 4.74 Å². The number of nitrogens with one attached hydrogen (secondary N) is 1. The van der Waals surface area contributed by atoms with Gasteiger partial charge in [0.15, 0.2) is 0 Å². The minimum absolute atomic E-state index is 0.384. The number of hydrogen-bond acceptors (Lipinski definition) is 3. The highest BCUT2D eigenvalue weighted by molar-refractivity contribution is 4.94. The number of rotatable bonds is 7. The molecule has 0 saturated heterocycles. The predicted molar refractivity (Wildman–Crippen MR) is 63.3 cm³/mol. The molecule has 0 bridgehead atoms. The smallest absolute Gasteiger partial charge is 0.0580 e. The zero-order chi connectivity index (χ0) is 11.3. The lowest BCUT2D eigenvalue weighted by atomic mass is 9.77. The van der Waals surface area contributed by atoms with Gasteiger partial charge in [-0.2, -0.15) is 0 Å². The van der Waals surface area contributed by atoms with Gasteiger partial charge in [0.25, 0.3) is 0 Å². The molecule has 15 heavy (non-hydrogen) atoms. The minimum Gasteiger partial charge on any atom is -0.378 e. The molecule has 1 aliphatic rings. The molecule has 0 spiro atoms. The van der Waals surface area contributed by atoms with Gasteiger partial charge in [-0.15, -0.1) is 6.58 Å². The van der Waals surface area contributed by atoms with Crippen molar-refractivity contribution in [3.63, 3.8) is 0 Å². The van der Waals surface area contributed by atoms with E-state index in [4.69, 9.17) is 10.6 Å². The van der Waals surface area contributed by atoms with Crippen molar-refractivity contribution in [2.75, 3.05) is 6.61 Å². The van der Waals surface area contributed by atoms with Gasteiger partial charge in [-0.05, 0) is 45.4 Å². The van der Waals surface area contributed by atoms with E-state index in [1.807, 2.05) is 6.92 Å². The topological polar surface area (TPSA) is 47.3 Å². The standard InChI is InChI=1S/C12H24N2O/c1-4-15-12-7-10(8-12)6-11(14-13)5-9(2)3/h10-12,14H,2,4-8,13H2,1,3H3. The van der Waals surface area contributed by atoms with Crippen LogP contribution < -0.4 is 11.3 Å². The normalized spacial score (nSPS) is 27.1. The molecule has 0 aromatic heterocycles. The fourth-order valence-corrected chi connectivity index (χ4v) is 2.27. The fraction of sp³-hybridized carbons (Fsp3) is 0.833. The van der Waals surface area contributed by atoms with Gasteiger partial charge in [-0.25, -0.2) is 0 Å². The Kier molecular flexibility index (Phi) is 5.29. The summed E-state index contributed by atoms with van der Waals surface area (Å²) in [5.41, 5.74) is 4.07. The fourth-order valence-electron chi connectivity index (χ4n) is 2.27. The first-order valence-corrected chi connectivity index (χ1v) is 5.87. The lowest BCUT2D eigenvalue weighted by molar-refractivity contribution is -0.0290. The van der Waals surface area contributed by atoms with Crippen LogP contribution in [0.3, 0.4) is 0 Å². The van der Waals surface area contributed by atoms with Crippen LogP contribution in [0.15, 0.2) is 12.2 Å². The highest BCUT2D eigenvalue weighted by Gasteiger charge is 2.30. The SMILES string of the molecule is C=C(C)CC(CC1CC(OCC)C1)NN. The van der Waals surface area contributed by atoms with Crippen LogP contribution >= 0.6 is 0 Å². The average Bonchev–Trinajstić information content (AvgIpc) is 2.12. The quantitative estimate of drug-likeness (QED) is 0.385. The van der Waals surface area contributed by atoms with Crippen LogP contribution in [0.1, 0.15) is 39.5 Å². The lowest BCUT2D eigenvalue weighted by Gasteiger charge is -2.37.